The molecule has 3 heteroatoms. The van der Waals surface area contributed by atoms with Crippen molar-refractivity contribution < 1.29 is 0 Å². The zero-order chi connectivity index (χ0) is 13.7. The second-order valence-corrected chi connectivity index (χ2v) is 7.28. The van der Waals surface area contributed by atoms with Gasteiger partial charge in [0.05, 0.1) is 5.69 Å². The Bertz CT molecular complexity index is 505. The molecule has 4 aliphatic carbocycles. The lowest BCUT2D eigenvalue weighted by Gasteiger charge is -2.57. The lowest BCUT2D eigenvalue weighted by molar-refractivity contribution is -0.00518. The van der Waals surface area contributed by atoms with Gasteiger partial charge in [-0.3, -0.25) is 0 Å². The normalized spacial score (nSPS) is 37.9. The first-order chi connectivity index (χ1) is 9.63. The van der Waals surface area contributed by atoms with Crippen LogP contribution < -0.4 is 11.5 Å². The molecule has 0 amide bonds. The van der Waals surface area contributed by atoms with E-state index >= 15 is 0 Å². The Morgan fingerprint density at radius 2 is 1.40 bits per heavy atom. The van der Waals surface area contributed by atoms with Crippen LogP contribution in [0.2, 0.25) is 0 Å². The van der Waals surface area contributed by atoms with E-state index in [9.17, 15) is 0 Å². The highest BCUT2D eigenvalue weighted by Gasteiger charge is 2.51. The maximum Gasteiger partial charge on any atom is 0.191 e. The van der Waals surface area contributed by atoms with Gasteiger partial charge in [-0.05, 0) is 79.4 Å². The molecular formula is C17H23N3. The third kappa shape index (κ3) is 1.91. The van der Waals surface area contributed by atoms with Gasteiger partial charge in [-0.15, -0.1) is 0 Å². The van der Waals surface area contributed by atoms with Gasteiger partial charge in [0.1, 0.15) is 0 Å². The van der Waals surface area contributed by atoms with Gasteiger partial charge in [-0.2, -0.15) is 0 Å². The summed E-state index contributed by atoms with van der Waals surface area (Å²) in [6.07, 6.45) is 8.68. The molecule has 4 saturated carbocycles. The number of hydrogen-bond donors (Lipinski definition) is 2. The summed E-state index contributed by atoms with van der Waals surface area (Å²) in [7, 11) is 0. The van der Waals surface area contributed by atoms with Crippen molar-refractivity contribution in [3.63, 3.8) is 0 Å². The van der Waals surface area contributed by atoms with Crippen molar-refractivity contribution in [2.24, 2.45) is 34.2 Å². The maximum atomic E-state index is 5.44. The largest absolute Gasteiger partial charge is 0.370 e. The van der Waals surface area contributed by atoms with Crippen LogP contribution in [0.25, 0.3) is 0 Å². The topological polar surface area (TPSA) is 64.4 Å². The molecule has 0 unspecified atom stereocenters. The minimum atomic E-state index is 0.132. The molecule has 4 N–H and O–H groups in total. The van der Waals surface area contributed by atoms with Crippen LogP contribution in [-0.2, 0) is 5.41 Å². The van der Waals surface area contributed by atoms with Crippen molar-refractivity contribution in [3.05, 3.63) is 29.8 Å². The van der Waals surface area contributed by atoms with E-state index in [4.69, 9.17) is 11.5 Å². The summed E-state index contributed by atoms with van der Waals surface area (Å²) in [5.41, 5.74) is 13.7. The van der Waals surface area contributed by atoms with E-state index in [-0.39, 0.29) is 5.96 Å². The average Bonchev–Trinajstić information content (AvgIpc) is 2.37. The molecule has 0 aliphatic heterocycles. The van der Waals surface area contributed by atoms with Gasteiger partial charge >= 0.3 is 0 Å². The maximum absolute atomic E-state index is 5.44. The molecule has 106 valence electrons. The van der Waals surface area contributed by atoms with Crippen LogP contribution in [0.15, 0.2) is 29.3 Å². The molecule has 0 spiro atoms. The second-order valence-electron chi connectivity index (χ2n) is 7.28. The first kappa shape index (κ1) is 12.2. The molecule has 0 heterocycles. The fourth-order valence-electron chi connectivity index (χ4n) is 5.50. The predicted octanol–water partition coefficient (Wildman–Crippen LogP) is 3.06. The minimum absolute atomic E-state index is 0.132. The monoisotopic (exact) mass is 269 g/mol. The van der Waals surface area contributed by atoms with E-state index in [2.05, 4.69) is 29.3 Å². The van der Waals surface area contributed by atoms with Gasteiger partial charge in [-0.25, -0.2) is 4.99 Å². The van der Waals surface area contributed by atoms with Crippen molar-refractivity contribution in [1.82, 2.24) is 0 Å². The van der Waals surface area contributed by atoms with Crippen LogP contribution >= 0.6 is 0 Å². The molecule has 0 radical (unpaired) electrons. The lowest BCUT2D eigenvalue weighted by Crippen LogP contribution is -2.48. The summed E-state index contributed by atoms with van der Waals surface area (Å²) in [4.78, 5) is 4.12. The van der Waals surface area contributed by atoms with E-state index in [1.54, 1.807) is 0 Å². The molecular weight excluding hydrogens is 246 g/mol. The van der Waals surface area contributed by atoms with Gasteiger partial charge in [-0.1, -0.05) is 12.1 Å². The predicted molar refractivity (Wildman–Crippen MR) is 81.8 cm³/mol. The van der Waals surface area contributed by atoms with Crippen molar-refractivity contribution >= 4 is 11.6 Å². The van der Waals surface area contributed by atoms with Crippen LogP contribution in [-0.4, -0.2) is 5.96 Å². The van der Waals surface area contributed by atoms with E-state index in [0.717, 1.165) is 23.4 Å². The summed E-state index contributed by atoms with van der Waals surface area (Å²) >= 11 is 0. The molecule has 4 bridgehead atoms. The molecule has 0 saturated heterocycles. The molecule has 4 fully saturated rings. The van der Waals surface area contributed by atoms with Crippen LogP contribution in [0.5, 0.6) is 0 Å². The van der Waals surface area contributed by atoms with E-state index in [0.29, 0.717) is 5.41 Å². The number of aliphatic imine (C=N–C) groups is 1. The van der Waals surface area contributed by atoms with Gasteiger partial charge < -0.3 is 11.5 Å². The quantitative estimate of drug-likeness (QED) is 0.640. The number of guanidine groups is 1. The molecule has 20 heavy (non-hydrogen) atoms. The van der Waals surface area contributed by atoms with E-state index in [1.165, 1.54) is 44.1 Å². The van der Waals surface area contributed by atoms with Crippen molar-refractivity contribution in [2.45, 2.75) is 43.9 Å². The molecule has 0 atom stereocenters. The molecule has 3 nitrogen and oxygen atoms in total. The Balaban J connectivity index is 1.65. The third-order valence-electron chi connectivity index (χ3n) is 5.78. The number of hydrogen-bond acceptors (Lipinski definition) is 1. The fraction of sp³-hybridized carbons (Fsp3) is 0.588. The first-order valence-corrected chi connectivity index (χ1v) is 7.83. The Labute approximate surface area is 120 Å². The van der Waals surface area contributed by atoms with Crippen LogP contribution in [0.1, 0.15) is 44.1 Å². The van der Waals surface area contributed by atoms with Crippen LogP contribution in [0.3, 0.4) is 0 Å². The summed E-state index contributed by atoms with van der Waals surface area (Å²) in [5.74, 6) is 3.09. The summed E-state index contributed by atoms with van der Waals surface area (Å²) in [5, 5.41) is 0. The van der Waals surface area contributed by atoms with Gasteiger partial charge in [0.2, 0.25) is 0 Å². The summed E-state index contributed by atoms with van der Waals surface area (Å²) in [6, 6.07) is 8.64. The van der Waals surface area contributed by atoms with Crippen LogP contribution in [0.4, 0.5) is 5.69 Å². The van der Waals surface area contributed by atoms with E-state index < -0.39 is 0 Å². The Morgan fingerprint density at radius 1 is 0.900 bits per heavy atom. The lowest BCUT2D eigenvalue weighted by atomic mass is 9.48. The van der Waals surface area contributed by atoms with Crippen molar-refractivity contribution in [1.29, 1.82) is 0 Å². The smallest absolute Gasteiger partial charge is 0.191 e. The van der Waals surface area contributed by atoms with Gasteiger partial charge in [0, 0.05) is 0 Å². The zero-order valence-corrected chi connectivity index (χ0v) is 11.9. The molecule has 1 aromatic carbocycles. The van der Waals surface area contributed by atoms with E-state index in [1.807, 2.05) is 0 Å². The number of benzene rings is 1. The van der Waals surface area contributed by atoms with Crippen molar-refractivity contribution in [2.75, 3.05) is 0 Å². The highest BCUT2D eigenvalue weighted by atomic mass is 15.0. The van der Waals surface area contributed by atoms with Gasteiger partial charge in [0.15, 0.2) is 5.96 Å². The number of nitrogens with two attached hydrogens (primary N) is 2. The number of nitrogens with zero attached hydrogens (tertiary/aromatic N) is 1. The minimum Gasteiger partial charge on any atom is -0.370 e. The molecule has 1 aromatic rings. The SMILES string of the molecule is NC(N)=Nc1ccc(C23CC4CC(CC(C4)C2)C3)cc1. The average molecular weight is 269 g/mol. The summed E-state index contributed by atoms with van der Waals surface area (Å²) < 4.78 is 0. The number of rotatable bonds is 2. The summed E-state index contributed by atoms with van der Waals surface area (Å²) in [6.45, 7) is 0. The Kier molecular flexibility index (Phi) is 2.60. The third-order valence-corrected chi connectivity index (χ3v) is 5.78. The zero-order valence-electron chi connectivity index (χ0n) is 11.9. The second kappa shape index (κ2) is 4.24. The fourth-order valence-corrected chi connectivity index (χ4v) is 5.50. The van der Waals surface area contributed by atoms with Gasteiger partial charge in [0.25, 0.3) is 0 Å². The molecule has 5 rings (SSSR count). The van der Waals surface area contributed by atoms with Crippen molar-refractivity contribution in [3.8, 4) is 0 Å². The first-order valence-electron chi connectivity index (χ1n) is 7.83. The molecule has 0 aromatic heterocycles. The Hall–Kier alpha value is -1.51. The molecule has 4 aliphatic rings. The highest BCUT2D eigenvalue weighted by molar-refractivity contribution is 5.78. The Morgan fingerprint density at radius 3 is 1.85 bits per heavy atom. The highest BCUT2D eigenvalue weighted by Crippen LogP contribution is 2.60. The standard InChI is InChI=1S/C17H23N3/c18-16(19)20-15-3-1-14(2-4-15)17-8-11-5-12(9-17)7-13(6-11)10-17/h1-4,11-13H,5-10H2,(H4,18,19,20). The van der Waals surface area contributed by atoms with Crippen LogP contribution in [0, 0.1) is 17.8 Å².